The van der Waals surface area contributed by atoms with Crippen molar-refractivity contribution in [2.24, 2.45) is 4.99 Å². The van der Waals surface area contributed by atoms with Crippen LogP contribution in [0, 0.1) is 0 Å². The van der Waals surface area contributed by atoms with Gasteiger partial charge in [0.25, 0.3) is 0 Å². The van der Waals surface area contributed by atoms with Gasteiger partial charge in [0, 0.05) is 72.4 Å². The zero-order chi connectivity index (χ0) is 20.3. The predicted octanol–water partition coefficient (Wildman–Crippen LogP) is 0.823. The average molecular weight is 399 g/mol. The van der Waals surface area contributed by atoms with E-state index in [1.165, 1.54) is 5.56 Å². The molecule has 1 fully saturated rings. The van der Waals surface area contributed by atoms with E-state index >= 15 is 0 Å². The van der Waals surface area contributed by atoms with Gasteiger partial charge in [-0.3, -0.25) is 14.8 Å². The Balaban J connectivity index is 1.29. The number of guanidine groups is 1. The van der Waals surface area contributed by atoms with Gasteiger partial charge in [0.15, 0.2) is 5.96 Å². The lowest BCUT2D eigenvalue weighted by Gasteiger charge is -2.34. The minimum atomic E-state index is 0.795. The molecule has 1 aromatic heterocycles. The molecular formula is C21H34N8. The van der Waals surface area contributed by atoms with E-state index in [2.05, 4.69) is 77.4 Å². The molecule has 0 bridgehead atoms. The van der Waals surface area contributed by atoms with Crippen LogP contribution in [-0.2, 0) is 19.5 Å². The van der Waals surface area contributed by atoms with E-state index in [-0.39, 0.29) is 0 Å². The molecule has 0 atom stereocenters. The number of piperazine rings is 1. The molecule has 1 saturated heterocycles. The van der Waals surface area contributed by atoms with Gasteiger partial charge in [-0.05, 0) is 5.56 Å². The molecule has 29 heavy (non-hydrogen) atoms. The molecule has 3 rings (SSSR count). The molecule has 0 spiro atoms. The normalized spacial score (nSPS) is 16.1. The number of nitrogens with zero attached hydrogens (tertiary/aromatic N) is 6. The summed E-state index contributed by atoms with van der Waals surface area (Å²) in [7, 11) is 1.81. The highest BCUT2D eigenvalue weighted by Crippen LogP contribution is 2.07. The maximum atomic E-state index is 4.32. The maximum absolute atomic E-state index is 4.32. The monoisotopic (exact) mass is 398 g/mol. The fraction of sp³-hybridized carbons (Fsp3) is 0.571. The largest absolute Gasteiger partial charge is 0.355 e. The number of aromatic nitrogens is 3. The summed E-state index contributed by atoms with van der Waals surface area (Å²) < 4.78 is 2.08. The molecule has 0 aliphatic carbocycles. The quantitative estimate of drug-likeness (QED) is 0.481. The molecule has 2 heterocycles. The van der Waals surface area contributed by atoms with Crippen molar-refractivity contribution in [1.82, 2.24) is 35.2 Å². The summed E-state index contributed by atoms with van der Waals surface area (Å²) in [5.74, 6) is 1.86. The highest BCUT2D eigenvalue weighted by atomic mass is 15.3. The zero-order valence-electron chi connectivity index (χ0n) is 17.7. The summed E-state index contributed by atoms with van der Waals surface area (Å²) in [6.45, 7) is 11.2. The van der Waals surface area contributed by atoms with Gasteiger partial charge in [0.2, 0.25) is 0 Å². The number of hydrogen-bond acceptors (Lipinski definition) is 5. The zero-order valence-corrected chi connectivity index (χ0v) is 17.7. The first kappa shape index (κ1) is 21.3. The van der Waals surface area contributed by atoms with Crippen molar-refractivity contribution in [2.45, 2.75) is 26.4 Å². The molecule has 2 aromatic rings. The van der Waals surface area contributed by atoms with Gasteiger partial charge in [-0.25, -0.2) is 0 Å². The van der Waals surface area contributed by atoms with Gasteiger partial charge < -0.3 is 15.2 Å². The van der Waals surface area contributed by atoms with Gasteiger partial charge in [0.05, 0.1) is 0 Å². The Kier molecular flexibility index (Phi) is 8.45. The van der Waals surface area contributed by atoms with Gasteiger partial charge in [0.1, 0.15) is 12.2 Å². The highest BCUT2D eigenvalue weighted by Gasteiger charge is 2.16. The van der Waals surface area contributed by atoms with Crippen molar-refractivity contribution in [3.8, 4) is 0 Å². The Morgan fingerprint density at radius 3 is 2.38 bits per heavy atom. The summed E-state index contributed by atoms with van der Waals surface area (Å²) in [4.78, 5) is 9.38. The summed E-state index contributed by atoms with van der Waals surface area (Å²) in [6, 6.07) is 10.7. The van der Waals surface area contributed by atoms with Gasteiger partial charge in [-0.15, -0.1) is 10.2 Å². The second kappa shape index (κ2) is 11.5. The Morgan fingerprint density at radius 2 is 1.69 bits per heavy atom. The van der Waals surface area contributed by atoms with Crippen LogP contribution in [0.3, 0.4) is 0 Å². The minimum Gasteiger partial charge on any atom is -0.355 e. The van der Waals surface area contributed by atoms with E-state index in [0.717, 1.165) is 77.1 Å². The molecule has 8 nitrogen and oxygen atoms in total. The number of aryl methyl sites for hydroxylation is 1. The molecule has 8 heteroatoms. The average Bonchev–Trinajstić information content (AvgIpc) is 3.22. The first-order valence-corrected chi connectivity index (χ1v) is 10.6. The molecule has 1 aliphatic heterocycles. The molecule has 2 N–H and O–H groups in total. The van der Waals surface area contributed by atoms with Crippen LogP contribution in [-0.4, -0.2) is 83.4 Å². The second-order valence-electron chi connectivity index (χ2n) is 7.32. The number of hydrogen-bond donors (Lipinski definition) is 2. The summed E-state index contributed by atoms with van der Waals surface area (Å²) >= 11 is 0. The third-order valence-corrected chi connectivity index (χ3v) is 5.32. The lowest BCUT2D eigenvalue weighted by atomic mass is 10.2. The van der Waals surface area contributed by atoms with E-state index in [9.17, 15) is 0 Å². The van der Waals surface area contributed by atoms with Crippen molar-refractivity contribution in [2.75, 3.05) is 52.9 Å². The van der Waals surface area contributed by atoms with E-state index in [4.69, 9.17) is 0 Å². The van der Waals surface area contributed by atoms with Crippen LogP contribution in [0.25, 0.3) is 0 Å². The van der Waals surface area contributed by atoms with Crippen molar-refractivity contribution >= 4 is 5.96 Å². The molecular weight excluding hydrogens is 364 g/mol. The van der Waals surface area contributed by atoms with Crippen LogP contribution in [0.1, 0.15) is 18.3 Å². The smallest absolute Gasteiger partial charge is 0.191 e. The SMILES string of the molecule is CCc1nncn1CCNC(=NC)NCCN1CCN(Cc2ccccc2)CC1. The Hall–Kier alpha value is -2.45. The topological polar surface area (TPSA) is 73.6 Å². The summed E-state index contributed by atoms with van der Waals surface area (Å²) in [5, 5.41) is 14.9. The summed E-state index contributed by atoms with van der Waals surface area (Å²) in [5.41, 5.74) is 1.40. The Bertz CT molecular complexity index is 734. The van der Waals surface area contributed by atoms with Crippen LogP contribution < -0.4 is 10.6 Å². The van der Waals surface area contributed by atoms with Crippen molar-refractivity contribution < 1.29 is 0 Å². The van der Waals surface area contributed by atoms with Crippen LogP contribution in [0.4, 0.5) is 0 Å². The van der Waals surface area contributed by atoms with Crippen LogP contribution in [0.15, 0.2) is 41.7 Å². The third-order valence-electron chi connectivity index (χ3n) is 5.32. The van der Waals surface area contributed by atoms with Crippen molar-refractivity contribution in [3.05, 3.63) is 48.0 Å². The minimum absolute atomic E-state index is 0.795. The van der Waals surface area contributed by atoms with Gasteiger partial charge in [-0.1, -0.05) is 37.3 Å². The number of benzene rings is 1. The van der Waals surface area contributed by atoms with Crippen LogP contribution >= 0.6 is 0 Å². The molecule has 0 unspecified atom stereocenters. The van der Waals surface area contributed by atoms with Crippen molar-refractivity contribution in [1.29, 1.82) is 0 Å². The predicted molar refractivity (Wildman–Crippen MR) is 117 cm³/mol. The number of aliphatic imine (C=N–C) groups is 1. The standard InChI is InChI=1S/C21H34N8/c1-3-20-26-25-18-29(20)12-10-24-21(22-2)23-9-11-27-13-15-28(16-14-27)17-19-7-5-4-6-8-19/h4-8,18H,3,9-17H2,1-2H3,(H2,22,23,24). The van der Waals surface area contributed by atoms with Crippen LogP contribution in [0.5, 0.6) is 0 Å². The fourth-order valence-electron chi connectivity index (χ4n) is 3.60. The molecule has 158 valence electrons. The number of rotatable bonds is 9. The molecule has 1 aromatic carbocycles. The molecule has 0 radical (unpaired) electrons. The van der Waals surface area contributed by atoms with Crippen molar-refractivity contribution in [3.63, 3.8) is 0 Å². The molecule has 1 aliphatic rings. The van der Waals surface area contributed by atoms with E-state index in [1.54, 1.807) is 6.33 Å². The fourth-order valence-corrected chi connectivity index (χ4v) is 3.60. The highest BCUT2D eigenvalue weighted by molar-refractivity contribution is 5.79. The first-order valence-electron chi connectivity index (χ1n) is 10.6. The maximum Gasteiger partial charge on any atom is 0.191 e. The Labute approximate surface area is 174 Å². The van der Waals surface area contributed by atoms with Gasteiger partial charge in [-0.2, -0.15) is 0 Å². The lowest BCUT2D eigenvalue weighted by molar-refractivity contribution is 0.129. The molecule has 0 amide bonds. The van der Waals surface area contributed by atoms with E-state index < -0.39 is 0 Å². The van der Waals surface area contributed by atoms with E-state index in [0.29, 0.717) is 0 Å². The molecule has 0 saturated carbocycles. The second-order valence-corrected chi connectivity index (χ2v) is 7.32. The van der Waals surface area contributed by atoms with E-state index in [1.807, 2.05) is 7.05 Å². The number of nitrogens with one attached hydrogen (secondary N) is 2. The first-order chi connectivity index (χ1) is 14.3. The third kappa shape index (κ3) is 6.83. The summed E-state index contributed by atoms with van der Waals surface area (Å²) in [6.07, 6.45) is 2.68. The van der Waals surface area contributed by atoms with Gasteiger partial charge >= 0.3 is 0 Å². The Morgan fingerprint density at radius 1 is 1.00 bits per heavy atom. The van der Waals surface area contributed by atoms with Crippen LogP contribution in [0.2, 0.25) is 0 Å². The lowest BCUT2D eigenvalue weighted by Crippen LogP contribution is -2.49.